The van der Waals surface area contributed by atoms with Gasteiger partial charge in [0.1, 0.15) is 5.76 Å². The quantitative estimate of drug-likeness (QED) is 0.429. The molecule has 0 aliphatic heterocycles. The zero-order valence-electron chi connectivity index (χ0n) is 20.1. The Balaban J connectivity index is 1.78. The number of anilines is 2. The van der Waals surface area contributed by atoms with Crippen molar-refractivity contribution in [3.05, 3.63) is 70.6 Å². The van der Waals surface area contributed by atoms with Crippen molar-refractivity contribution >= 4 is 27.4 Å². The molecule has 0 atom stereocenters. The fourth-order valence-corrected chi connectivity index (χ4v) is 4.90. The summed E-state index contributed by atoms with van der Waals surface area (Å²) in [6, 6.07) is 11.3. The number of sulfonamides is 1. The zero-order chi connectivity index (χ0) is 25.0. The van der Waals surface area contributed by atoms with Gasteiger partial charge in [0.25, 0.3) is 10.0 Å². The molecule has 34 heavy (non-hydrogen) atoms. The number of carboxylic acids is 1. The Bertz CT molecular complexity index is 1240. The van der Waals surface area contributed by atoms with E-state index in [0.717, 1.165) is 29.0 Å². The zero-order valence-corrected chi connectivity index (χ0v) is 20.9. The van der Waals surface area contributed by atoms with Crippen molar-refractivity contribution in [2.75, 3.05) is 23.2 Å². The number of hydrogen-bond acceptors (Lipinski definition) is 6. The lowest BCUT2D eigenvalue weighted by atomic mass is 10.0. The molecule has 0 unspecified atom stereocenters. The highest BCUT2D eigenvalue weighted by molar-refractivity contribution is 7.92. The van der Waals surface area contributed by atoms with Crippen molar-refractivity contribution in [3.8, 4) is 0 Å². The van der Waals surface area contributed by atoms with Gasteiger partial charge in [-0.3, -0.25) is 4.72 Å². The molecule has 1 heterocycles. The van der Waals surface area contributed by atoms with Crippen LogP contribution in [-0.2, 0) is 22.9 Å². The molecule has 3 aromatic rings. The average molecular weight is 486 g/mol. The number of aromatic nitrogens is 1. The Hall–Kier alpha value is -3.33. The third kappa shape index (κ3) is 5.96. The highest BCUT2D eigenvalue weighted by atomic mass is 32.2. The summed E-state index contributed by atoms with van der Waals surface area (Å²) in [5.41, 5.74) is 3.55. The smallest absolute Gasteiger partial charge is 0.337 e. The van der Waals surface area contributed by atoms with E-state index in [0.29, 0.717) is 24.6 Å². The Morgan fingerprint density at radius 3 is 2.38 bits per heavy atom. The van der Waals surface area contributed by atoms with Gasteiger partial charge in [-0.2, -0.15) is 0 Å². The van der Waals surface area contributed by atoms with Gasteiger partial charge < -0.3 is 14.5 Å². The summed E-state index contributed by atoms with van der Waals surface area (Å²) in [6.45, 7) is 8.45. The van der Waals surface area contributed by atoms with Gasteiger partial charge in [-0.25, -0.2) is 13.2 Å². The van der Waals surface area contributed by atoms with E-state index in [1.54, 1.807) is 43.4 Å². The Morgan fingerprint density at radius 2 is 1.82 bits per heavy atom. The number of aryl methyl sites for hydroxylation is 2. The van der Waals surface area contributed by atoms with E-state index in [9.17, 15) is 18.3 Å². The predicted octanol–water partition coefficient (Wildman–Crippen LogP) is 4.67. The van der Waals surface area contributed by atoms with Gasteiger partial charge in [0.2, 0.25) is 0 Å². The number of nitrogens with zero attached hydrogens (tertiary/aromatic N) is 2. The van der Waals surface area contributed by atoms with Crippen LogP contribution in [0.3, 0.4) is 0 Å². The standard InChI is InChI=1S/C25H31N3O5S/c1-16(2)14-19-6-9-21(10-7-19)34(31,32)27-20-8-11-24(23(15-20)25(29)30)28(5)13-12-22-17(3)26-33-18(22)4/h6-11,15-16,27H,12-14H2,1-5H3,(H,29,30). The first-order valence-electron chi connectivity index (χ1n) is 11.1. The van der Waals surface area contributed by atoms with Gasteiger partial charge in [0.15, 0.2) is 0 Å². The molecule has 8 nitrogen and oxygen atoms in total. The highest BCUT2D eigenvalue weighted by Gasteiger charge is 2.19. The van der Waals surface area contributed by atoms with Gasteiger partial charge in [-0.1, -0.05) is 31.1 Å². The fourth-order valence-electron chi connectivity index (χ4n) is 3.85. The van der Waals surface area contributed by atoms with E-state index >= 15 is 0 Å². The summed E-state index contributed by atoms with van der Waals surface area (Å²) in [6.07, 6.45) is 1.50. The van der Waals surface area contributed by atoms with Crippen LogP contribution in [0.4, 0.5) is 11.4 Å². The Kier molecular flexibility index (Phi) is 7.66. The van der Waals surface area contributed by atoms with E-state index in [1.165, 1.54) is 6.07 Å². The topological polar surface area (TPSA) is 113 Å². The summed E-state index contributed by atoms with van der Waals surface area (Å²) in [5, 5.41) is 13.7. The number of aromatic carboxylic acids is 1. The van der Waals surface area contributed by atoms with Gasteiger partial charge in [-0.15, -0.1) is 0 Å². The van der Waals surface area contributed by atoms with Crippen LogP contribution in [0.2, 0.25) is 0 Å². The summed E-state index contributed by atoms with van der Waals surface area (Å²) in [7, 11) is -2.06. The van der Waals surface area contributed by atoms with E-state index in [2.05, 4.69) is 23.7 Å². The molecule has 9 heteroatoms. The van der Waals surface area contributed by atoms with Crippen LogP contribution in [-0.4, -0.2) is 38.2 Å². The molecule has 0 spiro atoms. The number of rotatable bonds is 10. The molecule has 0 fully saturated rings. The maximum atomic E-state index is 12.8. The van der Waals surface area contributed by atoms with Crippen LogP contribution in [0.1, 0.15) is 46.8 Å². The van der Waals surface area contributed by atoms with Crippen LogP contribution in [0.25, 0.3) is 0 Å². The van der Waals surface area contributed by atoms with Crippen LogP contribution in [0.15, 0.2) is 51.9 Å². The second-order valence-electron chi connectivity index (χ2n) is 8.86. The summed E-state index contributed by atoms with van der Waals surface area (Å²) in [4.78, 5) is 13.9. The summed E-state index contributed by atoms with van der Waals surface area (Å²) >= 11 is 0. The van der Waals surface area contributed by atoms with E-state index in [4.69, 9.17) is 4.52 Å². The molecule has 182 valence electrons. The first-order chi connectivity index (χ1) is 16.0. The first kappa shape index (κ1) is 25.3. The third-order valence-corrected chi connectivity index (χ3v) is 7.04. The second-order valence-corrected chi connectivity index (χ2v) is 10.5. The van der Waals surface area contributed by atoms with Gasteiger partial charge in [-0.05, 0) is 68.5 Å². The molecule has 0 saturated carbocycles. The molecule has 0 aliphatic rings. The van der Waals surface area contributed by atoms with Crippen molar-refractivity contribution in [2.45, 2.75) is 45.4 Å². The number of nitrogens with one attached hydrogen (secondary N) is 1. The Morgan fingerprint density at radius 1 is 1.15 bits per heavy atom. The molecule has 0 radical (unpaired) electrons. The normalized spacial score (nSPS) is 11.6. The minimum Gasteiger partial charge on any atom is -0.478 e. The molecule has 2 aromatic carbocycles. The van der Waals surface area contributed by atoms with Crippen molar-refractivity contribution in [1.29, 1.82) is 0 Å². The van der Waals surface area contributed by atoms with Gasteiger partial charge in [0, 0.05) is 24.8 Å². The third-order valence-electron chi connectivity index (χ3n) is 5.65. The number of carbonyl (C=O) groups is 1. The monoisotopic (exact) mass is 485 g/mol. The van der Waals surface area contributed by atoms with Crippen LogP contribution >= 0.6 is 0 Å². The molecule has 0 amide bonds. The summed E-state index contributed by atoms with van der Waals surface area (Å²) in [5.74, 6) is 0.0701. The van der Waals surface area contributed by atoms with Gasteiger partial charge >= 0.3 is 5.97 Å². The molecule has 0 saturated heterocycles. The highest BCUT2D eigenvalue weighted by Crippen LogP contribution is 2.26. The van der Waals surface area contributed by atoms with Crippen molar-refractivity contribution in [3.63, 3.8) is 0 Å². The minimum absolute atomic E-state index is 0.00810. The molecule has 1 aromatic heterocycles. The molecule has 0 bridgehead atoms. The average Bonchev–Trinajstić information content (AvgIpc) is 3.09. The molecular formula is C25H31N3O5S. The largest absolute Gasteiger partial charge is 0.478 e. The molecule has 3 rings (SSSR count). The van der Waals surface area contributed by atoms with Gasteiger partial charge in [0.05, 0.1) is 21.8 Å². The van der Waals surface area contributed by atoms with E-state index < -0.39 is 16.0 Å². The van der Waals surface area contributed by atoms with E-state index in [1.807, 2.05) is 18.7 Å². The summed E-state index contributed by atoms with van der Waals surface area (Å²) < 4.78 is 33.4. The molecular weight excluding hydrogens is 454 g/mol. The van der Waals surface area contributed by atoms with Crippen LogP contribution in [0.5, 0.6) is 0 Å². The van der Waals surface area contributed by atoms with Crippen molar-refractivity contribution in [2.24, 2.45) is 5.92 Å². The van der Waals surface area contributed by atoms with E-state index in [-0.39, 0.29) is 16.1 Å². The number of benzene rings is 2. The lowest BCUT2D eigenvalue weighted by molar-refractivity contribution is 0.0697. The first-order valence-corrected chi connectivity index (χ1v) is 12.6. The van der Waals surface area contributed by atoms with Crippen LogP contribution in [0, 0.1) is 19.8 Å². The fraction of sp³-hybridized carbons (Fsp3) is 0.360. The second kappa shape index (κ2) is 10.3. The predicted molar refractivity (Wildman–Crippen MR) is 132 cm³/mol. The maximum absolute atomic E-state index is 12.8. The van der Waals surface area contributed by atoms with Crippen molar-refractivity contribution in [1.82, 2.24) is 5.16 Å². The molecule has 2 N–H and O–H groups in total. The number of likely N-dealkylation sites (N-methyl/N-ethyl adjacent to an activating group) is 1. The number of carboxylic acid groups (broad SMARTS) is 1. The SMILES string of the molecule is Cc1noc(C)c1CCN(C)c1ccc(NS(=O)(=O)c2ccc(CC(C)C)cc2)cc1C(=O)O. The maximum Gasteiger partial charge on any atom is 0.337 e. The Labute approximate surface area is 200 Å². The van der Waals surface area contributed by atoms with Crippen molar-refractivity contribution < 1.29 is 22.8 Å². The molecule has 0 aliphatic carbocycles. The van der Waals surface area contributed by atoms with Crippen LogP contribution < -0.4 is 9.62 Å². The lowest BCUT2D eigenvalue weighted by Gasteiger charge is -2.22. The minimum atomic E-state index is -3.86. The number of hydrogen-bond donors (Lipinski definition) is 2. The lowest BCUT2D eigenvalue weighted by Crippen LogP contribution is -2.23.